The first-order valence-corrected chi connectivity index (χ1v) is 7.10. The molecule has 1 aliphatic heterocycles. The molecular weight excluding hydrogens is 234 g/mol. The van der Waals surface area contributed by atoms with E-state index in [2.05, 4.69) is 22.4 Å². The fourth-order valence-corrected chi connectivity index (χ4v) is 3.31. The van der Waals surface area contributed by atoms with Crippen molar-refractivity contribution in [2.75, 3.05) is 6.54 Å². The van der Waals surface area contributed by atoms with Crippen LogP contribution in [0.25, 0.3) is 5.57 Å². The third-order valence-electron chi connectivity index (χ3n) is 4.36. The topological polar surface area (TPSA) is 48.7 Å². The average Bonchev–Trinajstić information content (AvgIpc) is 2.47. The summed E-state index contributed by atoms with van der Waals surface area (Å²) in [5, 5.41) is 12.8. The molecule has 0 aromatic carbocycles. The number of aromatic nitrogens is 1. The van der Waals surface area contributed by atoms with Gasteiger partial charge >= 0.3 is 0 Å². The lowest BCUT2D eigenvalue weighted by atomic mass is 9.77. The van der Waals surface area contributed by atoms with Crippen molar-refractivity contribution in [3.8, 4) is 6.07 Å². The third-order valence-corrected chi connectivity index (χ3v) is 4.36. The van der Waals surface area contributed by atoms with Crippen LogP contribution in [0.1, 0.15) is 42.5 Å². The predicted octanol–water partition coefficient (Wildman–Crippen LogP) is 2.81. The summed E-state index contributed by atoms with van der Waals surface area (Å²) in [5.41, 5.74) is 3.97. The summed E-state index contributed by atoms with van der Waals surface area (Å²) in [7, 11) is 0. The van der Waals surface area contributed by atoms with Crippen LogP contribution in [0.2, 0.25) is 0 Å². The highest BCUT2D eigenvalue weighted by Crippen LogP contribution is 2.35. The molecule has 3 rings (SSSR count). The van der Waals surface area contributed by atoms with Gasteiger partial charge in [-0.2, -0.15) is 5.26 Å². The minimum Gasteiger partial charge on any atom is -0.310 e. The van der Waals surface area contributed by atoms with E-state index in [1.807, 2.05) is 19.2 Å². The largest absolute Gasteiger partial charge is 0.310 e. The van der Waals surface area contributed by atoms with Gasteiger partial charge in [-0.1, -0.05) is 6.08 Å². The molecule has 1 aromatic rings. The number of hydrogen-bond acceptors (Lipinski definition) is 3. The molecule has 0 saturated carbocycles. The molecule has 0 radical (unpaired) electrons. The number of piperidine rings is 1. The van der Waals surface area contributed by atoms with Gasteiger partial charge in [-0.3, -0.25) is 4.98 Å². The Morgan fingerprint density at radius 1 is 1.42 bits per heavy atom. The van der Waals surface area contributed by atoms with Gasteiger partial charge in [-0.25, -0.2) is 0 Å². The third kappa shape index (κ3) is 2.29. The summed E-state index contributed by atoms with van der Waals surface area (Å²) in [6, 6.07) is 4.69. The molecule has 1 N–H and O–H groups in total. The number of allylic oxidation sites excluding steroid dienone is 1. The smallest absolute Gasteiger partial charge is 0.101 e. The van der Waals surface area contributed by atoms with Crippen molar-refractivity contribution in [1.29, 1.82) is 5.26 Å². The van der Waals surface area contributed by atoms with Crippen LogP contribution in [-0.2, 0) is 0 Å². The fraction of sp³-hybridized carbons (Fsp3) is 0.500. The zero-order chi connectivity index (χ0) is 13.2. The summed E-state index contributed by atoms with van der Waals surface area (Å²) in [4.78, 5) is 4.37. The van der Waals surface area contributed by atoms with E-state index in [4.69, 9.17) is 5.26 Å². The van der Waals surface area contributed by atoms with Crippen LogP contribution in [0, 0.1) is 24.2 Å². The number of hydrogen-bond donors (Lipinski definition) is 1. The molecule has 1 saturated heterocycles. The Bertz CT molecular complexity index is 554. The van der Waals surface area contributed by atoms with Crippen molar-refractivity contribution < 1.29 is 0 Å². The van der Waals surface area contributed by atoms with E-state index in [1.54, 1.807) is 0 Å². The first-order chi connectivity index (χ1) is 9.29. The summed E-state index contributed by atoms with van der Waals surface area (Å²) < 4.78 is 0. The normalized spacial score (nSPS) is 26.2. The molecule has 2 unspecified atom stereocenters. The quantitative estimate of drug-likeness (QED) is 0.837. The Kier molecular flexibility index (Phi) is 3.35. The van der Waals surface area contributed by atoms with E-state index >= 15 is 0 Å². The van der Waals surface area contributed by atoms with Crippen LogP contribution in [0.15, 0.2) is 18.3 Å². The van der Waals surface area contributed by atoms with Crippen LogP contribution >= 0.6 is 0 Å². The molecule has 3 nitrogen and oxygen atoms in total. The van der Waals surface area contributed by atoms with Gasteiger partial charge in [0.05, 0.1) is 11.3 Å². The van der Waals surface area contributed by atoms with E-state index in [9.17, 15) is 0 Å². The van der Waals surface area contributed by atoms with Gasteiger partial charge in [0.15, 0.2) is 0 Å². The zero-order valence-corrected chi connectivity index (χ0v) is 11.3. The number of rotatable bonds is 1. The molecule has 0 amide bonds. The number of nitrogens with zero attached hydrogens (tertiary/aromatic N) is 2. The maximum absolute atomic E-state index is 9.15. The number of fused-ring (bicyclic) bond motifs is 1. The fourth-order valence-electron chi connectivity index (χ4n) is 3.31. The Labute approximate surface area is 114 Å². The average molecular weight is 253 g/mol. The number of nitriles is 1. The highest BCUT2D eigenvalue weighted by atomic mass is 14.9. The van der Waals surface area contributed by atoms with Gasteiger partial charge in [-0.05, 0) is 62.3 Å². The van der Waals surface area contributed by atoms with Crippen molar-refractivity contribution in [2.24, 2.45) is 5.92 Å². The monoisotopic (exact) mass is 253 g/mol. The van der Waals surface area contributed by atoms with Gasteiger partial charge in [0.1, 0.15) is 6.07 Å². The van der Waals surface area contributed by atoms with Crippen LogP contribution in [0.3, 0.4) is 0 Å². The van der Waals surface area contributed by atoms with Gasteiger partial charge in [0, 0.05) is 12.2 Å². The van der Waals surface area contributed by atoms with Gasteiger partial charge < -0.3 is 5.32 Å². The van der Waals surface area contributed by atoms with Crippen molar-refractivity contribution in [3.05, 3.63) is 35.2 Å². The van der Waals surface area contributed by atoms with Crippen molar-refractivity contribution in [2.45, 2.75) is 38.6 Å². The Morgan fingerprint density at radius 2 is 2.32 bits per heavy atom. The lowest BCUT2D eigenvalue weighted by molar-refractivity contribution is 0.304. The zero-order valence-electron chi connectivity index (χ0n) is 11.3. The summed E-state index contributed by atoms with van der Waals surface area (Å²) >= 11 is 0. The first kappa shape index (κ1) is 12.4. The van der Waals surface area contributed by atoms with Gasteiger partial charge in [0.25, 0.3) is 0 Å². The van der Waals surface area contributed by atoms with E-state index in [1.165, 1.54) is 24.8 Å². The molecule has 1 aromatic heterocycles. The van der Waals surface area contributed by atoms with Crippen LogP contribution < -0.4 is 5.32 Å². The summed E-state index contributed by atoms with van der Waals surface area (Å²) in [6.07, 6.45) is 9.27. The lowest BCUT2D eigenvalue weighted by Crippen LogP contribution is -2.43. The van der Waals surface area contributed by atoms with Crippen molar-refractivity contribution >= 4 is 5.57 Å². The number of nitrogens with one attached hydrogen (secondary N) is 1. The van der Waals surface area contributed by atoms with Crippen molar-refractivity contribution in [1.82, 2.24) is 10.3 Å². The lowest BCUT2D eigenvalue weighted by Gasteiger charge is -2.37. The molecule has 98 valence electrons. The second-order valence-electron chi connectivity index (χ2n) is 5.54. The van der Waals surface area contributed by atoms with Gasteiger partial charge in [-0.15, -0.1) is 0 Å². The minimum absolute atomic E-state index is 0.457. The number of aryl methyl sites for hydroxylation is 1. The van der Waals surface area contributed by atoms with E-state index < -0.39 is 0 Å². The summed E-state index contributed by atoms with van der Waals surface area (Å²) in [5.74, 6) is 0.751. The predicted molar refractivity (Wildman–Crippen MR) is 75.4 cm³/mol. The van der Waals surface area contributed by atoms with E-state index in [0.717, 1.165) is 30.1 Å². The van der Waals surface area contributed by atoms with E-state index in [-0.39, 0.29) is 0 Å². The minimum atomic E-state index is 0.457. The molecule has 19 heavy (non-hydrogen) atoms. The highest BCUT2D eigenvalue weighted by molar-refractivity contribution is 5.71. The SMILES string of the molecule is Cc1ncc(C2=CCCC3CCCNC23)cc1C#N. The number of pyridine rings is 1. The second kappa shape index (κ2) is 5.14. The van der Waals surface area contributed by atoms with E-state index in [0.29, 0.717) is 11.6 Å². The maximum Gasteiger partial charge on any atom is 0.101 e. The Balaban J connectivity index is 1.96. The molecule has 3 heteroatoms. The second-order valence-corrected chi connectivity index (χ2v) is 5.54. The highest BCUT2D eigenvalue weighted by Gasteiger charge is 2.30. The van der Waals surface area contributed by atoms with Crippen molar-refractivity contribution in [3.63, 3.8) is 0 Å². The first-order valence-electron chi connectivity index (χ1n) is 7.10. The molecule has 2 aliphatic rings. The van der Waals surface area contributed by atoms with Crippen LogP contribution in [-0.4, -0.2) is 17.6 Å². The Hall–Kier alpha value is -1.66. The van der Waals surface area contributed by atoms with Crippen LogP contribution in [0.4, 0.5) is 0 Å². The molecule has 0 spiro atoms. The maximum atomic E-state index is 9.15. The Morgan fingerprint density at radius 3 is 3.16 bits per heavy atom. The standard InChI is InChI=1S/C16H19N3/c1-11-13(9-17)8-14(10-19-11)15-6-2-4-12-5-3-7-18-16(12)15/h6,8,10,12,16,18H,2-5,7H2,1H3. The summed E-state index contributed by atoms with van der Waals surface area (Å²) in [6.45, 7) is 2.99. The molecule has 0 bridgehead atoms. The molecule has 2 atom stereocenters. The molecule has 1 fully saturated rings. The molecule has 2 heterocycles. The molecule has 1 aliphatic carbocycles. The molecular formula is C16H19N3. The van der Waals surface area contributed by atoms with Crippen LogP contribution in [0.5, 0.6) is 0 Å². The van der Waals surface area contributed by atoms with Gasteiger partial charge in [0.2, 0.25) is 0 Å².